The van der Waals surface area contributed by atoms with E-state index in [1.54, 1.807) is 6.20 Å². The summed E-state index contributed by atoms with van der Waals surface area (Å²) in [7, 11) is 0. The lowest BCUT2D eigenvalue weighted by Gasteiger charge is -2.20. The summed E-state index contributed by atoms with van der Waals surface area (Å²) < 4.78 is 6.90. The van der Waals surface area contributed by atoms with Crippen molar-refractivity contribution in [3.8, 4) is 0 Å². The number of esters is 1. The van der Waals surface area contributed by atoms with Crippen LogP contribution in [-0.2, 0) is 16.1 Å². The number of ether oxygens (including phenoxy) is 1. The van der Waals surface area contributed by atoms with Gasteiger partial charge in [-0.15, -0.1) is 0 Å². The third-order valence-electron chi connectivity index (χ3n) is 5.63. The molecule has 0 aliphatic heterocycles. The predicted octanol–water partition coefficient (Wildman–Crippen LogP) is 2.87. The van der Waals surface area contributed by atoms with Crippen LogP contribution in [-0.4, -0.2) is 15.4 Å². The van der Waals surface area contributed by atoms with Crippen molar-refractivity contribution in [3.05, 3.63) is 46.0 Å². The lowest BCUT2D eigenvalue weighted by Crippen LogP contribution is -2.19. The fraction of sp³-hybridized carbons (Fsp3) is 0.526. The van der Waals surface area contributed by atoms with E-state index in [9.17, 15) is 9.59 Å². The molecule has 2 aliphatic carbocycles. The Morgan fingerprint density at radius 2 is 2.25 bits per heavy atom. The number of pyridine rings is 1. The standard InChI is InChI=1S/C19H22N2O3/c1-12-3-2-6-21-17(22)10-16(20-19(12)21)11-24-18(23)9-15-8-13-4-5-14(15)7-13/h2-3,6,10,13-15H,4-5,7-9,11H2,1H3/t13-,14-,15-/m1/s1. The summed E-state index contributed by atoms with van der Waals surface area (Å²) in [5.41, 5.74) is 1.90. The summed E-state index contributed by atoms with van der Waals surface area (Å²) in [6.07, 6.45) is 7.27. The normalized spacial score (nSPS) is 25.3. The summed E-state index contributed by atoms with van der Waals surface area (Å²) in [6.45, 7) is 1.98. The van der Waals surface area contributed by atoms with Gasteiger partial charge in [0, 0.05) is 18.7 Å². The van der Waals surface area contributed by atoms with Crippen LogP contribution in [0.5, 0.6) is 0 Å². The van der Waals surface area contributed by atoms with Crippen LogP contribution in [0, 0.1) is 24.7 Å². The third-order valence-corrected chi connectivity index (χ3v) is 5.63. The Kier molecular flexibility index (Phi) is 3.87. The number of nitrogens with zero attached hydrogens (tertiary/aromatic N) is 2. The minimum atomic E-state index is -0.167. The quantitative estimate of drug-likeness (QED) is 0.811. The molecule has 2 fully saturated rings. The molecule has 24 heavy (non-hydrogen) atoms. The second kappa shape index (κ2) is 6.04. The van der Waals surface area contributed by atoms with E-state index in [1.165, 1.54) is 36.2 Å². The monoisotopic (exact) mass is 326 g/mol. The van der Waals surface area contributed by atoms with Gasteiger partial charge in [0.25, 0.3) is 5.56 Å². The van der Waals surface area contributed by atoms with E-state index in [0.29, 0.717) is 29.6 Å². The van der Waals surface area contributed by atoms with Gasteiger partial charge in [-0.3, -0.25) is 14.0 Å². The molecule has 2 bridgehead atoms. The average Bonchev–Trinajstić information content (AvgIpc) is 3.17. The molecule has 3 atom stereocenters. The van der Waals surface area contributed by atoms with Crippen molar-refractivity contribution in [1.29, 1.82) is 0 Å². The van der Waals surface area contributed by atoms with Gasteiger partial charge in [0.1, 0.15) is 12.3 Å². The number of fused-ring (bicyclic) bond motifs is 3. The van der Waals surface area contributed by atoms with Crippen LogP contribution >= 0.6 is 0 Å². The second-order valence-electron chi connectivity index (χ2n) is 7.27. The summed E-state index contributed by atoms with van der Waals surface area (Å²) in [5, 5.41) is 0. The van der Waals surface area contributed by atoms with Gasteiger partial charge >= 0.3 is 5.97 Å². The second-order valence-corrected chi connectivity index (χ2v) is 7.27. The number of carbonyl (C=O) groups is 1. The molecule has 0 N–H and O–H groups in total. The summed E-state index contributed by atoms with van der Waals surface area (Å²) in [4.78, 5) is 28.7. The Morgan fingerprint density at radius 1 is 1.38 bits per heavy atom. The highest BCUT2D eigenvalue weighted by atomic mass is 16.5. The van der Waals surface area contributed by atoms with Crippen molar-refractivity contribution in [1.82, 2.24) is 9.38 Å². The lowest BCUT2D eigenvalue weighted by atomic mass is 9.86. The van der Waals surface area contributed by atoms with Crippen LogP contribution in [0.3, 0.4) is 0 Å². The van der Waals surface area contributed by atoms with Crippen LogP contribution in [0.2, 0.25) is 0 Å². The Labute approximate surface area is 140 Å². The smallest absolute Gasteiger partial charge is 0.306 e. The summed E-state index contributed by atoms with van der Waals surface area (Å²) in [6, 6.07) is 5.17. The molecular formula is C19H22N2O3. The molecule has 0 amide bonds. The molecule has 0 radical (unpaired) electrons. The highest BCUT2D eigenvalue weighted by Gasteiger charge is 2.40. The zero-order valence-corrected chi connectivity index (χ0v) is 13.9. The molecule has 5 heteroatoms. The fourth-order valence-corrected chi connectivity index (χ4v) is 4.44. The molecule has 5 nitrogen and oxygen atoms in total. The largest absolute Gasteiger partial charge is 0.459 e. The number of carbonyl (C=O) groups excluding carboxylic acids is 1. The molecule has 126 valence electrons. The van der Waals surface area contributed by atoms with E-state index in [0.717, 1.165) is 11.5 Å². The summed E-state index contributed by atoms with van der Waals surface area (Å²) in [5.74, 6) is 1.87. The van der Waals surface area contributed by atoms with E-state index in [4.69, 9.17) is 4.74 Å². The van der Waals surface area contributed by atoms with E-state index in [2.05, 4.69) is 4.98 Å². The van der Waals surface area contributed by atoms with Crippen LogP contribution < -0.4 is 5.56 Å². The molecule has 2 aromatic heterocycles. The van der Waals surface area contributed by atoms with Crippen LogP contribution in [0.4, 0.5) is 0 Å². The van der Waals surface area contributed by atoms with Gasteiger partial charge in [-0.25, -0.2) is 4.98 Å². The van der Waals surface area contributed by atoms with Gasteiger partial charge in [-0.2, -0.15) is 0 Å². The fourth-order valence-electron chi connectivity index (χ4n) is 4.44. The van der Waals surface area contributed by atoms with Crippen molar-refractivity contribution in [2.45, 2.75) is 45.6 Å². The highest BCUT2D eigenvalue weighted by molar-refractivity contribution is 5.69. The zero-order valence-electron chi connectivity index (χ0n) is 13.9. The number of hydrogen-bond acceptors (Lipinski definition) is 4. The summed E-state index contributed by atoms with van der Waals surface area (Å²) >= 11 is 0. The Balaban J connectivity index is 1.42. The number of hydrogen-bond donors (Lipinski definition) is 0. The molecule has 0 saturated heterocycles. The van der Waals surface area contributed by atoms with Crippen LogP contribution in [0.25, 0.3) is 5.65 Å². The zero-order chi connectivity index (χ0) is 16.7. The molecule has 2 heterocycles. The maximum absolute atomic E-state index is 12.1. The van der Waals surface area contributed by atoms with E-state index < -0.39 is 0 Å². The molecule has 2 aromatic rings. The Morgan fingerprint density at radius 3 is 3.00 bits per heavy atom. The maximum Gasteiger partial charge on any atom is 0.306 e. The van der Waals surface area contributed by atoms with Gasteiger partial charge in [0.2, 0.25) is 0 Å². The van der Waals surface area contributed by atoms with Crippen molar-refractivity contribution in [2.75, 3.05) is 0 Å². The average molecular weight is 326 g/mol. The number of rotatable bonds is 4. The molecule has 0 aromatic carbocycles. The predicted molar refractivity (Wildman–Crippen MR) is 89.6 cm³/mol. The van der Waals surface area contributed by atoms with E-state index in [-0.39, 0.29) is 18.1 Å². The van der Waals surface area contributed by atoms with Crippen molar-refractivity contribution < 1.29 is 9.53 Å². The Bertz CT molecular complexity index is 842. The molecule has 2 saturated carbocycles. The SMILES string of the molecule is Cc1cccn2c(=O)cc(COC(=O)C[C@H]3C[C@@H]4CC[C@@H]3C4)nc12. The third kappa shape index (κ3) is 2.83. The van der Waals surface area contributed by atoms with Gasteiger partial charge in [0.05, 0.1) is 5.69 Å². The first-order valence-corrected chi connectivity index (χ1v) is 8.73. The first-order valence-electron chi connectivity index (χ1n) is 8.73. The highest BCUT2D eigenvalue weighted by Crippen LogP contribution is 2.49. The molecule has 4 rings (SSSR count). The first-order chi connectivity index (χ1) is 11.6. The maximum atomic E-state index is 12.1. The first kappa shape index (κ1) is 15.4. The molecular weight excluding hydrogens is 304 g/mol. The van der Waals surface area contributed by atoms with Gasteiger partial charge in [0.15, 0.2) is 0 Å². The number of aromatic nitrogens is 2. The van der Waals surface area contributed by atoms with Crippen molar-refractivity contribution in [2.24, 2.45) is 17.8 Å². The molecule has 2 aliphatic rings. The van der Waals surface area contributed by atoms with Gasteiger partial charge in [-0.1, -0.05) is 12.5 Å². The van der Waals surface area contributed by atoms with Gasteiger partial charge in [-0.05, 0) is 55.6 Å². The topological polar surface area (TPSA) is 60.7 Å². The molecule has 0 unspecified atom stereocenters. The number of aryl methyl sites for hydroxylation is 1. The van der Waals surface area contributed by atoms with Crippen molar-refractivity contribution >= 4 is 11.6 Å². The van der Waals surface area contributed by atoms with E-state index in [1.807, 2.05) is 19.1 Å². The minimum absolute atomic E-state index is 0.0692. The van der Waals surface area contributed by atoms with Crippen molar-refractivity contribution in [3.63, 3.8) is 0 Å². The van der Waals surface area contributed by atoms with Gasteiger partial charge < -0.3 is 4.74 Å². The van der Waals surface area contributed by atoms with Crippen LogP contribution in [0.1, 0.15) is 43.4 Å². The molecule has 0 spiro atoms. The van der Waals surface area contributed by atoms with Crippen LogP contribution in [0.15, 0.2) is 29.2 Å². The van der Waals surface area contributed by atoms with E-state index >= 15 is 0 Å². The lowest BCUT2D eigenvalue weighted by molar-refractivity contribution is -0.146. The Hall–Kier alpha value is -2.17. The minimum Gasteiger partial charge on any atom is -0.459 e.